The van der Waals surface area contributed by atoms with Gasteiger partial charge >= 0.3 is 0 Å². The van der Waals surface area contributed by atoms with E-state index in [1.54, 1.807) is 0 Å². The highest BCUT2D eigenvalue weighted by Gasteiger charge is 2.53. The largest absolute Gasteiger partial charge is 0.394 e. The number of hydrogen-bond acceptors (Lipinski definition) is 15. The van der Waals surface area contributed by atoms with Crippen molar-refractivity contribution >= 4 is 0 Å². The van der Waals surface area contributed by atoms with E-state index in [9.17, 15) is 51.1 Å². The van der Waals surface area contributed by atoms with E-state index in [1.165, 1.54) is 6.92 Å². The van der Waals surface area contributed by atoms with Gasteiger partial charge in [-0.3, -0.25) is 0 Å². The predicted octanol–water partition coefficient (Wildman–Crippen LogP) is -6.55. The first-order valence-electron chi connectivity index (χ1n) is 10.4. The Labute approximate surface area is 187 Å². The van der Waals surface area contributed by atoms with Crippen LogP contribution in [0.3, 0.4) is 0 Å². The van der Waals surface area contributed by atoms with Crippen molar-refractivity contribution in [2.24, 2.45) is 0 Å². The third-order valence-electron chi connectivity index (χ3n) is 6.05. The maximum Gasteiger partial charge on any atom is 0.187 e. The molecule has 0 aromatic carbocycles. The molecule has 0 aromatic rings. The lowest BCUT2D eigenvalue weighted by molar-refractivity contribution is -0.377. The maximum absolute atomic E-state index is 10.7. The normalized spacial score (nSPS) is 53.7. The van der Waals surface area contributed by atoms with E-state index in [2.05, 4.69) is 0 Å². The third-order valence-corrected chi connectivity index (χ3v) is 6.05. The van der Waals surface area contributed by atoms with Crippen LogP contribution in [0.5, 0.6) is 0 Å². The van der Waals surface area contributed by atoms with Gasteiger partial charge in [0.05, 0.1) is 19.3 Å². The molecule has 194 valence electrons. The Hall–Kier alpha value is -0.600. The molecule has 3 fully saturated rings. The second-order valence-electron chi connectivity index (χ2n) is 8.32. The van der Waals surface area contributed by atoms with Crippen LogP contribution in [-0.4, -0.2) is 156 Å². The summed E-state index contributed by atoms with van der Waals surface area (Å²) in [4.78, 5) is 0. The van der Waals surface area contributed by atoms with Gasteiger partial charge in [-0.2, -0.15) is 0 Å². The van der Waals surface area contributed by atoms with E-state index >= 15 is 0 Å². The number of rotatable bonds is 6. The minimum atomic E-state index is -1.83. The number of aliphatic hydroxyl groups excluding tert-OH is 10. The molecule has 10 N–H and O–H groups in total. The quantitative estimate of drug-likeness (QED) is 0.167. The summed E-state index contributed by atoms with van der Waals surface area (Å²) in [6.07, 6.45) is -23.8. The monoisotopic (exact) mass is 488 g/mol. The predicted molar refractivity (Wildman–Crippen MR) is 99.8 cm³/mol. The van der Waals surface area contributed by atoms with E-state index in [0.717, 1.165) is 0 Å². The Bertz CT molecular complexity index is 624. The van der Waals surface area contributed by atoms with E-state index in [0.29, 0.717) is 0 Å². The van der Waals surface area contributed by atoms with Gasteiger partial charge < -0.3 is 74.7 Å². The van der Waals surface area contributed by atoms with Gasteiger partial charge in [-0.05, 0) is 6.92 Å². The number of aliphatic hydroxyl groups is 10. The van der Waals surface area contributed by atoms with Crippen molar-refractivity contribution in [2.75, 3.05) is 13.2 Å². The molecule has 1 unspecified atom stereocenters. The molecule has 3 rings (SSSR count). The summed E-state index contributed by atoms with van der Waals surface area (Å²) < 4.78 is 26.6. The summed E-state index contributed by atoms with van der Waals surface area (Å²) in [7, 11) is 0. The molecule has 3 aliphatic heterocycles. The highest BCUT2D eigenvalue weighted by Crippen LogP contribution is 2.32. The highest BCUT2D eigenvalue weighted by molar-refractivity contribution is 4.95. The molecule has 33 heavy (non-hydrogen) atoms. The van der Waals surface area contributed by atoms with Crippen molar-refractivity contribution in [3.05, 3.63) is 0 Å². The summed E-state index contributed by atoms with van der Waals surface area (Å²) in [5.41, 5.74) is 0. The standard InChI is InChI=1S/C18H32O15/c1-4-14(10(24)11(25)16(28)29-4)32-18-13(27)15(8(22)6(3-20)31-18)33-17-12(26)9(23)7(21)5(2-19)30-17/h4-28H,2-3H2,1H3/t4-,5+,6+,7+,8+,9-,10-,11+,12+,13+,14-,15-,16?,17-,18-/m0/s1. The smallest absolute Gasteiger partial charge is 0.187 e. The fraction of sp³-hybridized carbons (Fsp3) is 1.00. The maximum atomic E-state index is 10.7. The molecular weight excluding hydrogens is 456 g/mol. The Morgan fingerprint density at radius 3 is 1.64 bits per heavy atom. The first-order valence-corrected chi connectivity index (χ1v) is 10.4. The average molecular weight is 488 g/mol. The van der Waals surface area contributed by atoms with Crippen LogP contribution in [0.1, 0.15) is 6.92 Å². The van der Waals surface area contributed by atoms with Gasteiger partial charge in [0.25, 0.3) is 0 Å². The van der Waals surface area contributed by atoms with Crippen LogP contribution < -0.4 is 0 Å². The van der Waals surface area contributed by atoms with Gasteiger partial charge in [-0.1, -0.05) is 0 Å². The van der Waals surface area contributed by atoms with Crippen molar-refractivity contribution in [3.63, 3.8) is 0 Å². The Balaban J connectivity index is 1.76. The first-order chi connectivity index (χ1) is 15.5. The molecule has 0 amide bonds. The van der Waals surface area contributed by atoms with Gasteiger partial charge in [0.2, 0.25) is 0 Å². The van der Waals surface area contributed by atoms with Crippen molar-refractivity contribution in [1.29, 1.82) is 0 Å². The van der Waals surface area contributed by atoms with Crippen molar-refractivity contribution in [3.8, 4) is 0 Å². The van der Waals surface area contributed by atoms with Crippen LogP contribution in [0.2, 0.25) is 0 Å². The molecule has 15 atom stereocenters. The summed E-state index contributed by atoms with van der Waals surface area (Å²) in [6.45, 7) is -0.0816. The summed E-state index contributed by atoms with van der Waals surface area (Å²) >= 11 is 0. The van der Waals surface area contributed by atoms with E-state index in [1.807, 2.05) is 0 Å². The van der Waals surface area contributed by atoms with E-state index < -0.39 is 105 Å². The Morgan fingerprint density at radius 2 is 1.06 bits per heavy atom. The van der Waals surface area contributed by atoms with Crippen molar-refractivity contribution in [1.82, 2.24) is 0 Å². The summed E-state index contributed by atoms with van der Waals surface area (Å²) in [5.74, 6) is 0. The molecule has 15 nitrogen and oxygen atoms in total. The molecular formula is C18H32O15. The van der Waals surface area contributed by atoms with Crippen LogP contribution in [-0.2, 0) is 23.7 Å². The van der Waals surface area contributed by atoms with Crippen LogP contribution in [0.25, 0.3) is 0 Å². The van der Waals surface area contributed by atoms with Gasteiger partial charge in [0, 0.05) is 0 Å². The topological polar surface area (TPSA) is 248 Å². The molecule has 0 spiro atoms. The number of hydrogen-bond donors (Lipinski definition) is 10. The van der Waals surface area contributed by atoms with Gasteiger partial charge in [-0.15, -0.1) is 0 Å². The zero-order valence-electron chi connectivity index (χ0n) is 17.6. The van der Waals surface area contributed by atoms with Gasteiger partial charge in [-0.25, -0.2) is 0 Å². The Morgan fingerprint density at radius 1 is 0.545 bits per heavy atom. The zero-order chi connectivity index (χ0) is 24.6. The lowest BCUT2D eigenvalue weighted by Crippen LogP contribution is -2.66. The average Bonchev–Trinajstić information content (AvgIpc) is 2.79. The van der Waals surface area contributed by atoms with Crippen LogP contribution in [0.4, 0.5) is 0 Å². The molecule has 15 heteroatoms. The molecule has 0 saturated carbocycles. The van der Waals surface area contributed by atoms with Crippen LogP contribution >= 0.6 is 0 Å². The molecule has 0 bridgehead atoms. The molecule has 3 heterocycles. The molecule has 0 aliphatic carbocycles. The SMILES string of the molecule is C[C@@H]1OC(O)[C@H](O)[C@H](O)[C@H]1O[C@@H]1O[C@H](CO)[C@@H](O)[C@H](O[C@@H]2O[C@H](CO)[C@@H](O)[C@H](O)[C@H]2O)[C@H]1O. The summed E-state index contributed by atoms with van der Waals surface area (Å²) in [6, 6.07) is 0. The van der Waals surface area contributed by atoms with Crippen molar-refractivity contribution < 1.29 is 74.7 Å². The Kier molecular flexibility index (Phi) is 8.99. The second kappa shape index (κ2) is 11.0. The first kappa shape index (κ1) is 27.0. The fourth-order valence-electron chi connectivity index (χ4n) is 4.03. The van der Waals surface area contributed by atoms with Crippen molar-refractivity contribution in [2.45, 2.75) is 99.0 Å². The lowest BCUT2D eigenvalue weighted by atomic mass is 9.96. The minimum Gasteiger partial charge on any atom is -0.394 e. The zero-order valence-corrected chi connectivity index (χ0v) is 17.6. The minimum absolute atomic E-state index is 0.736. The fourth-order valence-corrected chi connectivity index (χ4v) is 4.03. The molecule has 3 aliphatic rings. The highest BCUT2D eigenvalue weighted by atomic mass is 16.7. The third kappa shape index (κ3) is 5.32. The molecule has 3 saturated heterocycles. The molecule has 0 radical (unpaired) electrons. The second-order valence-corrected chi connectivity index (χ2v) is 8.32. The van der Waals surface area contributed by atoms with E-state index in [4.69, 9.17) is 23.7 Å². The lowest BCUT2D eigenvalue weighted by Gasteiger charge is -2.47. The van der Waals surface area contributed by atoms with Gasteiger partial charge in [0.15, 0.2) is 18.9 Å². The van der Waals surface area contributed by atoms with Crippen LogP contribution in [0.15, 0.2) is 0 Å². The number of ether oxygens (including phenoxy) is 5. The van der Waals surface area contributed by atoms with Crippen LogP contribution in [0, 0.1) is 0 Å². The van der Waals surface area contributed by atoms with Gasteiger partial charge in [0.1, 0.15) is 67.1 Å². The van der Waals surface area contributed by atoms with E-state index in [-0.39, 0.29) is 0 Å². The molecule has 0 aromatic heterocycles. The summed E-state index contributed by atoms with van der Waals surface area (Å²) in [5, 5.41) is 99.8.